The van der Waals surface area contributed by atoms with Crippen LogP contribution in [0.15, 0.2) is 77.4 Å². The van der Waals surface area contributed by atoms with Crippen LogP contribution in [0.4, 0.5) is 0 Å². The lowest BCUT2D eigenvalue weighted by Gasteiger charge is -2.30. The van der Waals surface area contributed by atoms with Crippen LogP contribution < -0.4 is 0 Å². The average Bonchev–Trinajstić information content (AvgIpc) is 3.56. The van der Waals surface area contributed by atoms with Crippen LogP contribution in [-0.2, 0) is 9.53 Å². The van der Waals surface area contributed by atoms with Crippen molar-refractivity contribution in [3.8, 4) is 11.3 Å². The van der Waals surface area contributed by atoms with Crippen LogP contribution in [0.2, 0.25) is 0 Å². The molecule has 0 unspecified atom stereocenters. The van der Waals surface area contributed by atoms with Crippen LogP contribution in [0.5, 0.6) is 0 Å². The summed E-state index contributed by atoms with van der Waals surface area (Å²) in [5.41, 5.74) is 2.98. The predicted molar refractivity (Wildman–Crippen MR) is 126 cm³/mol. The molecule has 0 spiro atoms. The molecule has 0 aliphatic carbocycles. The molecule has 3 heterocycles. The van der Waals surface area contributed by atoms with Crippen molar-refractivity contribution in [1.82, 2.24) is 9.88 Å². The molecular weight excluding hydrogens is 432 g/mol. The number of carbonyl (C=O) groups excluding carboxylic acids is 3. The lowest BCUT2D eigenvalue weighted by Crippen LogP contribution is -2.40. The first kappa shape index (κ1) is 21.7. The van der Waals surface area contributed by atoms with Gasteiger partial charge in [-0.1, -0.05) is 48.5 Å². The van der Waals surface area contributed by atoms with Gasteiger partial charge < -0.3 is 19.0 Å². The largest absolute Gasteiger partial charge is 0.459 e. The minimum Gasteiger partial charge on any atom is -0.459 e. The normalized spacial score (nSPS) is 14.3. The van der Waals surface area contributed by atoms with Crippen molar-refractivity contribution in [3.05, 3.63) is 84.3 Å². The van der Waals surface area contributed by atoms with Crippen LogP contribution in [-0.4, -0.2) is 47.2 Å². The number of nitrogens with one attached hydrogen (secondary N) is 1. The molecular formula is C27H24N2O5. The molecule has 7 nitrogen and oxygen atoms in total. The first-order valence-electron chi connectivity index (χ1n) is 11.3. The lowest BCUT2D eigenvalue weighted by atomic mass is 9.96. The Morgan fingerprint density at radius 3 is 2.41 bits per heavy atom. The van der Waals surface area contributed by atoms with Gasteiger partial charge in [-0.3, -0.25) is 14.4 Å². The Labute approximate surface area is 196 Å². The molecule has 1 N–H and O–H groups in total. The zero-order valence-corrected chi connectivity index (χ0v) is 18.5. The van der Waals surface area contributed by atoms with E-state index in [2.05, 4.69) is 4.98 Å². The number of amides is 1. The third kappa shape index (κ3) is 4.24. The van der Waals surface area contributed by atoms with Gasteiger partial charge in [-0.25, -0.2) is 0 Å². The zero-order chi connectivity index (χ0) is 23.5. The number of hydrogen-bond donors (Lipinski definition) is 1. The highest BCUT2D eigenvalue weighted by Gasteiger charge is 2.30. The first-order valence-corrected chi connectivity index (χ1v) is 11.3. The Hall–Kier alpha value is -4.13. The van der Waals surface area contributed by atoms with E-state index < -0.39 is 5.97 Å². The summed E-state index contributed by atoms with van der Waals surface area (Å²) in [6.45, 7) is 0.549. The monoisotopic (exact) mass is 456 g/mol. The van der Waals surface area contributed by atoms with Gasteiger partial charge in [0.05, 0.1) is 23.4 Å². The number of benzene rings is 2. The van der Waals surface area contributed by atoms with Gasteiger partial charge in [-0.2, -0.15) is 0 Å². The maximum absolute atomic E-state index is 13.2. The van der Waals surface area contributed by atoms with E-state index >= 15 is 0 Å². The molecule has 2 aromatic carbocycles. The summed E-state index contributed by atoms with van der Waals surface area (Å²) in [4.78, 5) is 43.3. The van der Waals surface area contributed by atoms with E-state index in [0.29, 0.717) is 42.9 Å². The lowest BCUT2D eigenvalue weighted by molar-refractivity contribution is -0.148. The second-order valence-corrected chi connectivity index (χ2v) is 8.36. The molecule has 34 heavy (non-hydrogen) atoms. The number of esters is 1. The van der Waals surface area contributed by atoms with Gasteiger partial charge in [-0.05, 0) is 36.6 Å². The standard InChI is InChI=1S/C27H24N2O5/c30-22(24-20-9-4-5-10-21(20)28-25(24)18-7-2-1-3-8-18)17-34-27(32)19-12-14-29(15-13-19)26(31)23-11-6-16-33-23/h1-11,16,19,28H,12-15,17H2. The number of nitrogens with zero attached hydrogens (tertiary/aromatic N) is 1. The van der Waals surface area contributed by atoms with Crippen molar-refractivity contribution in [2.24, 2.45) is 5.92 Å². The Balaban J connectivity index is 1.25. The number of aromatic amines is 1. The molecule has 5 rings (SSSR count). The van der Waals surface area contributed by atoms with E-state index in [1.807, 2.05) is 54.6 Å². The summed E-state index contributed by atoms with van der Waals surface area (Å²) in [5, 5.41) is 0.798. The van der Waals surface area contributed by atoms with Gasteiger partial charge in [-0.15, -0.1) is 0 Å². The molecule has 0 bridgehead atoms. The number of fused-ring (bicyclic) bond motifs is 1. The number of ether oxygens (including phenoxy) is 1. The highest BCUT2D eigenvalue weighted by molar-refractivity contribution is 6.14. The number of aromatic nitrogens is 1. The van der Waals surface area contributed by atoms with E-state index in [0.717, 1.165) is 16.5 Å². The topological polar surface area (TPSA) is 92.6 Å². The summed E-state index contributed by atoms with van der Waals surface area (Å²) < 4.78 is 10.6. The number of likely N-dealkylation sites (tertiary alicyclic amines) is 1. The Morgan fingerprint density at radius 1 is 0.941 bits per heavy atom. The summed E-state index contributed by atoms with van der Waals surface area (Å²) >= 11 is 0. The molecule has 0 saturated carbocycles. The molecule has 0 radical (unpaired) electrons. The van der Waals surface area contributed by atoms with Crippen molar-refractivity contribution in [2.45, 2.75) is 12.8 Å². The molecule has 0 atom stereocenters. The van der Waals surface area contributed by atoms with Gasteiger partial charge >= 0.3 is 5.97 Å². The van der Waals surface area contributed by atoms with Crippen LogP contribution >= 0.6 is 0 Å². The molecule has 1 amide bonds. The maximum Gasteiger partial charge on any atom is 0.309 e. The molecule has 7 heteroatoms. The summed E-state index contributed by atoms with van der Waals surface area (Å²) in [7, 11) is 0. The number of piperidine rings is 1. The third-order valence-electron chi connectivity index (χ3n) is 6.24. The predicted octanol–water partition coefficient (Wildman–Crippen LogP) is 4.71. The zero-order valence-electron chi connectivity index (χ0n) is 18.5. The van der Waals surface area contributed by atoms with Crippen LogP contribution in [0.1, 0.15) is 33.8 Å². The van der Waals surface area contributed by atoms with Crippen molar-refractivity contribution >= 4 is 28.6 Å². The highest BCUT2D eigenvalue weighted by Crippen LogP contribution is 2.31. The summed E-state index contributed by atoms with van der Waals surface area (Å²) in [6.07, 6.45) is 2.44. The Morgan fingerprint density at radius 2 is 1.68 bits per heavy atom. The Bertz CT molecular complexity index is 1320. The van der Waals surface area contributed by atoms with Gasteiger partial charge in [0.25, 0.3) is 5.91 Å². The molecule has 1 aliphatic heterocycles. The minimum atomic E-state index is -0.403. The number of furan rings is 1. The number of hydrogen-bond acceptors (Lipinski definition) is 5. The smallest absolute Gasteiger partial charge is 0.309 e. The van der Waals surface area contributed by atoms with Crippen LogP contribution in [0.3, 0.4) is 0 Å². The quantitative estimate of drug-likeness (QED) is 0.335. The molecule has 4 aromatic rings. The number of ketones is 1. The molecule has 1 fully saturated rings. The average molecular weight is 456 g/mol. The fourth-order valence-electron chi connectivity index (χ4n) is 4.45. The summed E-state index contributed by atoms with van der Waals surface area (Å²) in [5.74, 6) is -0.890. The van der Waals surface area contributed by atoms with E-state index in [1.165, 1.54) is 6.26 Å². The van der Waals surface area contributed by atoms with E-state index in [-0.39, 0.29) is 24.2 Å². The number of Topliss-reactive ketones (excluding diaryl/α,β-unsaturated/α-hetero) is 1. The van der Waals surface area contributed by atoms with E-state index in [1.54, 1.807) is 17.0 Å². The third-order valence-corrected chi connectivity index (χ3v) is 6.24. The van der Waals surface area contributed by atoms with Crippen LogP contribution in [0.25, 0.3) is 22.2 Å². The van der Waals surface area contributed by atoms with E-state index in [4.69, 9.17) is 9.15 Å². The van der Waals surface area contributed by atoms with Crippen molar-refractivity contribution in [2.75, 3.05) is 19.7 Å². The first-order chi connectivity index (χ1) is 16.6. The van der Waals surface area contributed by atoms with E-state index in [9.17, 15) is 14.4 Å². The molecule has 1 aliphatic rings. The molecule has 1 saturated heterocycles. The SMILES string of the molecule is O=C(COC(=O)C1CCN(C(=O)c2ccco2)CC1)c1c(-c2ccccc2)[nH]c2ccccc12. The number of carbonyl (C=O) groups is 3. The summed E-state index contributed by atoms with van der Waals surface area (Å²) in [6, 6.07) is 20.5. The molecule has 172 valence electrons. The number of H-pyrrole nitrogens is 1. The van der Waals surface area contributed by atoms with Gasteiger partial charge in [0.2, 0.25) is 5.78 Å². The van der Waals surface area contributed by atoms with Gasteiger partial charge in [0, 0.05) is 24.0 Å². The number of rotatable bonds is 6. The number of para-hydroxylation sites is 1. The van der Waals surface area contributed by atoms with Gasteiger partial charge in [0.1, 0.15) is 0 Å². The molecule has 2 aromatic heterocycles. The fraction of sp³-hybridized carbons (Fsp3) is 0.222. The Kier molecular flexibility index (Phi) is 5.99. The van der Waals surface area contributed by atoms with Crippen molar-refractivity contribution < 1.29 is 23.5 Å². The maximum atomic E-state index is 13.2. The van der Waals surface area contributed by atoms with Crippen molar-refractivity contribution in [1.29, 1.82) is 0 Å². The van der Waals surface area contributed by atoms with Crippen molar-refractivity contribution in [3.63, 3.8) is 0 Å². The van der Waals surface area contributed by atoms with Gasteiger partial charge in [0.15, 0.2) is 12.4 Å². The second kappa shape index (κ2) is 9.39. The fourth-order valence-corrected chi connectivity index (χ4v) is 4.45. The van der Waals surface area contributed by atoms with Crippen LogP contribution in [0, 0.1) is 5.92 Å². The highest BCUT2D eigenvalue weighted by atomic mass is 16.5. The second-order valence-electron chi connectivity index (χ2n) is 8.36. The minimum absolute atomic E-state index is 0.181.